The fourth-order valence-electron chi connectivity index (χ4n) is 3.71. The second kappa shape index (κ2) is 8.31. The third kappa shape index (κ3) is 4.19. The highest BCUT2D eigenvalue weighted by molar-refractivity contribution is 6.27. The van der Waals surface area contributed by atoms with Crippen LogP contribution < -0.4 is 5.32 Å². The van der Waals surface area contributed by atoms with Gasteiger partial charge in [0, 0.05) is 30.7 Å². The van der Waals surface area contributed by atoms with Gasteiger partial charge in [-0.05, 0) is 44.5 Å². The van der Waals surface area contributed by atoms with Crippen LogP contribution >= 0.6 is 11.6 Å². The predicted molar refractivity (Wildman–Crippen MR) is 105 cm³/mol. The van der Waals surface area contributed by atoms with Gasteiger partial charge in [0.1, 0.15) is 11.7 Å². The van der Waals surface area contributed by atoms with Crippen molar-refractivity contribution in [1.82, 2.24) is 20.0 Å². The minimum Gasteiger partial charge on any atom is -0.350 e. The molecule has 28 heavy (non-hydrogen) atoms. The van der Waals surface area contributed by atoms with E-state index in [0.717, 1.165) is 11.3 Å². The van der Waals surface area contributed by atoms with Gasteiger partial charge >= 0.3 is 0 Å². The molecule has 1 N–H and O–H groups in total. The molecule has 0 unspecified atom stereocenters. The molecular formula is C20H24ClFN4O2. The van der Waals surface area contributed by atoms with Crippen LogP contribution in [0.15, 0.2) is 30.3 Å². The molecule has 0 spiro atoms. The van der Waals surface area contributed by atoms with Gasteiger partial charge in [0.05, 0.1) is 6.04 Å². The summed E-state index contributed by atoms with van der Waals surface area (Å²) >= 11 is 5.63. The number of carbonyl (C=O) groups excluding carboxylic acids is 2. The van der Waals surface area contributed by atoms with E-state index in [9.17, 15) is 14.0 Å². The molecule has 8 heteroatoms. The Bertz CT molecular complexity index is 883. The summed E-state index contributed by atoms with van der Waals surface area (Å²) in [5, 5.41) is 7.28. The first-order valence-corrected chi connectivity index (χ1v) is 9.79. The number of benzene rings is 1. The zero-order valence-electron chi connectivity index (χ0n) is 16.2. The highest BCUT2D eigenvalue weighted by atomic mass is 35.5. The molecule has 0 aliphatic carbocycles. The van der Waals surface area contributed by atoms with E-state index in [-0.39, 0.29) is 41.5 Å². The molecule has 0 saturated carbocycles. The van der Waals surface area contributed by atoms with E-state index in [0.29, 0.717) is 18.8 Å². The molecule has 2 amide bonds. The molecule has 1 fully saturated rings. The highest BCUT2D eigenvalue weighted by Crippen LogP contribution is 2.29. The van der Waals surface area contributed by atoms with E-state index < -0.39 is 0 Å². The lowest BCUT2D eigenvalue weighted by molar-refractivity contribution is -0.119. The smallest absolute Gasteiger partial charge is 0.274 e. The van der Waals surface area contributed by atoms with Crippen LogP contribution in [0.3, 0.4) is 0 Å². The molecule has 1 saturated heterocycles. The van der Waals surface area contributed by atoms with Crippen molar-refractivity contribution in [3.63, 3.8) is 0 Å². The molecule has 2 heterocycles. The monoisotopic (exact) mass is 406 g/mol. The van der Waals surface area contributed by atoms with Gasteiger partial charge in [-0.1, -0.05) is 12.1 Å². The average Bonchev–Trinajstić information content (AvgIpc) is 3.25. The summed E-state index contributed by atoms with van der Waals surface area (Å²) in [4.78, 5) is 26.5. The molecule has 1 aliphatic rings. The summed E-state index contributed by atoms with van der Waals surface area (Å²) in [5.41, 5.74) is 2.01. The summed E-state index contributed by atoms with van der Waals surface area (Å²) in [6, 6.07) is 7.82. The van der Waals surface area contributed by atoms with Crippen LogP contribution in [0.5, 0.6) is 0 Å². The van der Waals surface area contributed by atoms with Gasteiger partial charge in [0.15, 0.2) is 5.69 Å². The lowest BCUT2D eigenvalue weighted by Gasteiger charge is -2.19. The third-order valence-corrected chi connectivity index (χ3v) is 5.23. The van der Waals surface area contributed by atoms with Crippen LogP contribution in [-0.2, 0) is 4.79 Å². The van der Waals surface area contributed by atoms with Crippen LogP contribution in [-0.4, -0.2) is 51.5 Å². The van der Waals surface area contributed by atoms with Crippen LogP contribution in [0.25, 0.3) is 0 Å². The molecule has 1 aromatic carbocycles. The number of amides is 2. The normalized spacial score (nSPS) is 19.3. The minimum absolute atomic E-state index is 0.149. The number of hydrogen-bond donors (Lipinski definition) is 1. The van der Waals surface area contributed by atoms with Crippen LogP contribution in [0.1, 0.15) is 47.6 Å². The Labute approximate surface area is 168 Å². The maximum atomic E-state index is 13.7. The quantitative estimate of drug-likeness (QED) is 0.776. The predicted octanol–water partition coefficient (Wildman–Crippen LogP) is 2.87. The first kappa shape index (κ1) is 20.3. The SMILES string of the molecule is Cc1cc(C(=O)N2C[C@@H](NC(=O)CCl)[C@H](c3cccc(F)c3)C2)nn1C(C)C. The summed E-state index contributed by atoms with van der Waals surface area (Å²) in [7, 11) is 0. The van der Waals surface area contributed by atoms with Crippen LogP contribution in [0.4, 0.5) is 4.39 Å². The van der Waals surface area contributed by atoms with Crippen LogP contribution in [0, 0.1) is 12.7 Å². The number of nitrogens with one attached hydrogen (secondary N) is 1. The van der Waals surface area contributed by atoms with Crippen molar-refractivity contribution in [2.75, 3.05) is 19.0 Å². The van der Waals surface area contributed by atoms with Gasteiger partial charge in [0.25, 0.3) is 5.91 Å². The number of carbonyl (C=O) groups is 2. The maximum absolute atomic E-state index is 13.7. The van der Waals surface area contributed by atoms with Gasteiger partial charge in [-0.15, -0.1) is 11.6 Å². The van der Waals surface area contributed by atoms with E-state index in [1.54, 1.807) is 27.8 Å². The van der Waals surface area contributed by atoms with Crippen LogP contribution in [0.2, 0.25) is 0 Å². The second-order valence-electron chi connectivity index (χ2n) is 7.39. The van der Waals surface area contributed by atoms with Crippen molar-refractivity contribution >= 4 is 23.4 Å². The Hall–Kier alpha value is -2.41. The van der Waals surface area contributed by atoms with Gasteiger partial charge in [-0.2, -0.15) is 5.10 Å². The number of aromatic nitrogens is 2. The molecule has 1 aliphatic heterocycles. The lowest BCUT2D eigenvalue weighted by Crippen LogP contribution is -2.41. The molecule has 6 nitrogen and oxygen atoms in total. The summed E-state index contributed by atoms with van der Waals surface area (Å²) in [6.45, 7) is 6.59. The standard InChI is InChI=1S/C20H24ClFN4O2/c1-12(2)26-13(3)7-17(24-26)20(28)25-10-16(14-5-4-6-15(22)8-14)18(11-25)23-19(27)9-21/h4-8,12,16,18H,9-11H2,1-3H3,(H,23,27)/t16-,18+/m0/s1. The van der Waals surface area contributed by atoms with E-state index in [1.807, 2.05) is 20.8 Å². The van der Waals surface area contributed by atoms with Gasteiger partial charge < -0.3 is 10.2 Å². The molecular weight excluding hydrogens is 383 g/mol. The molecule has 0 bridgehead atoms. The molecule has 1 aromatic heterocycles. The Morgan fingerprint density at radius 2 is 2.07 bits per heavy atom. The third-order valence-electron chi connectivity index (χ3n) is 4.98. The summed E-state index contributed by atoms with van der Waals surface area (Å²) in [5.74, 6) is -1.26. The van der Waals surface area contributed by atoms with E-state index >= 15 is 0 Å². The van der Waals surface area contributed by atoms with Crippen molar-refractivity contribution in [1.29, 1.82) is 0 Å². The zero-order valence-corrected chi connectivity index (χ0v) is 16.9. The fraction of sp³-hybridized carbons (Fsp3) is 0.450. The minimum atomic E-state index is -0.351. The number of halogens is 2. The second-order valence-corrected chi connectivity index (χ2v) is 7.66. The Kier molecular flexibility index (Phi) is 6.03. The van der Waals surface area contributed by atoms with Gasteiger partial charge in [-0.25, -0.2) is 4.39 Å². The van der Waals surface area contributed by atoms with E-state index in [2.05, 4.69) is 10.4 Å². The molecule has 3 rings (SSSR count). The molecule has 0 radical (unpaired) electrons. The first-order valence-electron chi connectivity index (χ1n) is 9.26. The Morgan fingerprint density at radius 1 is 1.32 bits per heavy atom. The topological polar surface area (TPSA) is 67.2 Å². The number of likely N-dealkylation sites (tertiary alicyclic amines) is 1. The van der Waals surface area contributed by atoms with Gasteiger partial charge in [0.2, 0.25) is 5.91 Å². The largest absolute Gasteiger partial charge is 0.350 e. The molecule has 2 aromatic rings. The fourth-order valence-corrected chi connectivity index (χ4v) is 3.79. The number of alkyl halides is 1. The number of aryl methyl sites for hydroxylation is 1. The average molecular weight is 407 g/mol. The molecule has 150 valence electrons. The Morgan fingerprint density at radius 3 is 2.68 bits per heavy atom. The van der Waals surface area contributed by atoms with Gasteiger partial charge in [-0.3, -0.25) is 14.3 Å². The number of hydrogen-bond acceptors (Lipinski definition) is 3. The maximum Gasteiger partial charge on any atom is 0.274 e. The van der Waals surface area contributed by atoms with Crippen molar-refractivity contribution in [2.45, 2.75) is 38.8 Å². The summed E-state index contributed by atoms with van der Waals surface area (Å²) < 4.78 is 15.5. The number of nitrogens with zero attached hydrogens (tertiary/aromatic N) is 3. The van der Waals surface area contributed by atoms with E-state index in [4.69, 9.17) is 11.6 Å². The van der Waals surface area contributed by atoms with Crippen molar-refractivity contribution in [3.8, 4) is 0 Å². The Balaban J connectivity index is 1.85. The van der Waals surface area contributed by atoms with Crippen molar-refractivity contribution in [2.24, 2.45) is 0 Å². The zero-order chi connectivity index (χ0) is 20.4. The first-order chi connectivity index (χ1) is 13.3. The van der Waals surface area contributed by atoms with Crippen molar-refractivity contribution < 1.29 is 14.0 Å². The van der Waals surface area contributed by atoms with E-state index in [1.165, 1.54) is 12.1 Å². The highest BCUT2D eigenvalue weighted by Gasteiger charge is 2.38. The van der Waals surface area contributed by atoms with Crippen molar-refractivity contribution in [3.05, 3.63) is 53.1 Å². The molecule has 2 atom stereocenters. The summed E-state index contributed by atoms with van der Waals surface area (Å²) in [6.07, 6.45) is 0. The lowest BCUT2D eigenvalue weighted by atomic mass is 9.94. The number of rotatable bonds is 5.